The normalized spacial score (nSPS) is 43.8. The predicted octanol–water partition coefficient (Wildman–Crippen LogP) is 2.34. The minimum Gasteiger partial charge on any atom is -0.310 e. The molecule has 0 amide bonds. The van der Waals surface area contributed by atoms with Crippen LogP contribution in [0, 0.1) is 11.8 Å². The Kier molecular flexibility index (Phi) is 2.22. The number of nitrogens with one attached hydrogen (secondary N) is 1. The Morgan fingerprint density at radius 1 is 1.58 bits per heavy atom. The van der Waals surface area contributed by atoms with E-state index in [0.717, 1.165) is 17.9 Å². The number of rotatable bonds is 1. The summed E-state index contributed by atoms with van der Waals surface area (Å²) in [7, 11) is 0. The molecule has 1 saturated carbocycles. The van der Waals surface area contributed by atoms with E-state index < -0.39 is 0 Å². The molecule has 0 spiro atoms. The zero-order valence-electron chi connectivity index (χ0n) is 8.14. The molecule has 1 heterocycles. The summed E-state index contributed by atoms with van der Waals surface area (Å²) in [5.74, 6) is 1.85. The maximum atomic E-state index is 3.62. The SMILES string of the molecule is CC=C1C(CC)CC2CCNC12. The topological polar surface area (TPSA) is 12.0 Å². The Bertz CT molecular complexity index is 195. The minimum absolute atomic E-state index is 0.750. The molecule has 1 saturated heterocycles. The largest absolute Gasteiger partial charge is 0.310 e. The summed E-state index contributed by atoms with van der Waals surface area (Å²) in [5, 5.41) is 3.62. The highest BCUT2D eigenvalue weighted by molar-refractivity contribution is 5.22. The third kappa shape index (κ3) is 1.11. The summed E-state index contributed by atoms with van der Waals surface area (Å²) >= 11 is 0. The minimum atomic E-state index is 0.750. The first-order valence-electron chi connectivity index (χ1n) is 5.26. The van der Waals surface area contributed by atoms with Crippen LogP contribution < -0.4 is 5.32 Å². The predicted molar refractivity (Wildman–Crippen MR) is 52.1 cm³/mol. The lowest BCUT2D eigenvalue weighted by Gasteiger charge is -2.13. The van der Waals surface area contributed by atoms with Crippen molar-refractivity contribution in [3.05, 3.63) is 11.6 Å². The van der Waals surface area contributed by atoms with Crippen molar-refractivity contribution in [3.8, 4) is 0 Å². The molecule has 3 atom stereocenters. The monoisotopic (exact) mass is 165 g/mol. The molecule has 1 N–H and O–H groups in total. The van der Waals surface area contributed by atoms with Crippen molar-refractivity contribution in [3.63, 3.8) is 0 Å². The Morgan fingerprint density at radius 2 is 2.42 bits per heavy atom. The molecule has 1 aliphatic carbocycles. The highest BCUT2D eigenvalue weighted by atomic mass is 15.0. The van der Waals surface area contributed by atoms with Gasteiger partial charge < -0.3 is 5.32 Å². The second kappa shape index (κ2) is 3.21. The fourth-order valence-electron chi connectivity index (χ4n) is 2.97. The van der Waals surface area contributed by atoms with Crippen molar-refractivity contribution in [2.24, 2.45) is 11.8 Å². The Balaban J connectivity index is 2.16. The Morgan fingerprint density at radius 3 is 3.08 bits per heavy atom. The van der Waals surface area contributed by atoms with Crippen LogP contribution in [0.5, 0.6) is 0 Å². The lowest BCUT2D eigenvalue weighted by atomic mass is 9.98. The smallest absolute Gasteiger partial charge is 0.0311 e. The van der Waals surface area contributed by atoms with E-state index in [1.165, 1.54) is 25.8 Å². The first-order chi connectivity index (χ1) is 5.86. The van der Waals surface area contributed by atoms with Gasteiger partial charge in [0.1, 0.15) is 0 Å². The molecule has 12 heavy (non-hydrogen) atoms. The van der Waals surface area contributed by atoms with Crippen LogP contribution in [-0.4, -0.2) is 12.6 Å². The maximum absolute atomic E-state index is 3.62. The molecule has 0 aromatic heterocycles. The Hall–Kier alpha value is -0.300. The van der Waals surface area contributed by atoms with E-state index >= 15 is 0 Å². The first kappa shape index (κ1) is 8.31. The first-order valence-corrected chi connectivity index (χ1v) is 5.26. The van der Waals surface area contributed by atoms with Gasteiger partial charge in [-0.15, -0.1) is 0 Å². The lowest BCUT2D eigenvalue weighted by molar-refractivity contribution is 0.492. The van der Waals surface area contributed by atoms with Gasteiger partial charge in [0.2, 0.25) is 0 Å². The average Bonchev–Trinajstić information content (AvgIpc) is 2.61. The summed E-state index contributed by atoms with van der Waals surface area (Å²) in [6.07, 6.45) is 6.51. The molecule has 0 aromatic carbocycles. The van der Waals surface area contributed by atoms with Gasteiger partial charge in [-0.05, 0) is 44.6 Å². The third-order valence-electron chi connectivity index (χ3n) is 3.59. The molecule has 2 rings (SSSR count). The number of hydrogen-bond acceptors (Lipinski definition) is 1. The molecule has 3 unspecified atom stereocenters. The van der Waals surface area contributed by atoms with Crippen LogP contribution in [-0.2, 0) is 0 Å². The lowest BCUT2D eigenvalue weighted by Crippen LogP contribution is -2.25. The number of allylic oxidation sites excluding steroid dienone is 1. The highest BCUT2D eigenvalue weighted by Crippen LogP contribution is 2.41. The van der Waals surface area contributed by atoms with Crippen LogP contribution in [0.15, 0.2) is 11.6 Å². The van der Waals surface area contributed by atoms with Crippen LogP contribution in [0.25, 0.3) is 0 Å². The summed E-state index contributed by atoms with van der Waals surface area (Å²) in [5.41, 5.74) is 1.69. The van der Waals surface area contributed by atoms with Crippen molar-refractivity contribution < 1.29 is 0 Å². The zero-order chi connectivity index (χ0) is 8.55. The van der Waals surface area contributed by atoms with E-state index in [9.17, 15) is 0 Å². The zero-order valence-corrected chi connectivity index (χ0v) is 8.14. The molecular weight excluding hydrogens is 146 g/mol. The van der Waals surface area contributed by atoms with Crippen molar-refractivity contribution >= 4 is 0 Å². The summed E-state index contributed by atoms with van der Waals surface area (Å²) in [4.78, 5) is 0. The van der Waals surface area contributed by atoms with Gasteiger partial charge in [-0.25, -0.2) is 0 Å². The van der Waals surface area contributed by atoms with Crippen molar-refractivity contribution in [2.75, 3.05) is 6.54 Å². The van der Waals surface area contributed by atoms with Gasteiger partial charge in [0.15, 0.2) is 0 Å². The van der Waals surface area contributed by atoms with E-state index in [0.29, 0.717) is 0 Å². The fourth-order valence-corrected chi connectivity index (χ4v) is 2.97. The van der Waals surface area contributed by atoms with Crippen molar-refractivity contribution in [2.45, 2.75) is 39.2 Å². The molecule has 1 nitrogen and oxygen atoms in total. The summed E-state index contributed by atoms with van der Waals surface area (Å²) in [6.45, 7) is 5.75. The third-order valence-corrected chi connectivity index (χ3v) is 3.59. The molecule has 0 radical (unpaired) electrons. The van der Waals surface area contributed by atoms with Crippen LogP contribution in [0.2, 0.25) is 0 Å². The van der Waals surface area contributed by atoms with Gasteiger partial charge in [0.05, 0.1) is 0 Å². The van der Waals surface area contributed by atoms with Crippen molar-refractivity contribution in [1.29, 1.82) is 0 Å². The van der Waals surface area contributed by atoms with E-state index in [2.05, 4.69) is 25.2 Å². The molecule has 1 heteroatoms. The van der Waals surface area contributed by atoms with Crippen LogP contribution in [0.3, 0.4) is 0 Å². The quantitative estimate of drug-likeness (QED) is 0.588. The van der Waals surface area contributed by atoms with Gasteiger partial charge in [0.25, 0.3) is 0 Å². The Labute approximate surface area is 75.2 Å². The standard InChI is InChI=1S/C11H19N/c1-3-8-7-9-5-6-12-11(9)10(8)4-2/h4,8-9,11-12H,3,5-7H2,1-2H3. The van der Waals surface area contributed by atoms with Gasteiger partial charge in [0, 0.05) is 6.04 Å². The average molecular weight is 165 g/mol. The van der Waals surface area contributed by atoms with E-state index in [1.54, 1.807) is 5.57 Å². The van der Waals surface area contributed by atoms with E-state index in [-0.39, 0.29) is 0 Å². The number of fused-ring (bicyclic) bond motifs is 1. The van der Waals surface area contributed by atoms with Crippen molar-refractivity contribution in [1.82, 2.24) is 5.32 Å². The molecule has 2 aliphatic rings. The fraction of sp³-hybridized carbons (Fsp3) is 0.818. The van der Waals surface area contributed by atoms with E-state index in [1.807, 2.05) is 0 Å². The summed E-state index contributed by atoms with van der Waals surface area (Å²) in [6, 6.07) is 0.750. The van der Waals surface area contributed by atoms with Gasteiger partial charge in [-0.1, -0.05) is 18.6 Å². The van der Waals surface area contributed by atoms with E-state index in [4.69, 9.17) is 0 Å². The maximum Gasteiger partial charge on any atom is 0.0311 e. The molecule has 1 aliphatic heterocycles. The van der Waals surface area contributed by atoms with Crippen LogP contribution in [0.4, 0.5) is 0 Å². The molecule has 68 valence electrons. The van der Waals surface area contributed by atoms with Gasteiger partial charge >= 0.3 is 0 Å². The second-order valence-electron chi connectivity index (χ2n) is 4.11. The van der Waals surface area contributed by atoms with Gasteiger partial charge in [-0.2, -0.15) is 0 Å². The summed E-state index contributed by atoms with van der Waals surface area (Å²) < 4.78 is 0. The van der Waals surface area contributed by atoms with Crippen LogP contribution >= 0.6 is 0 Å². The molecule has 2 fully saturated rings. The molecule has 0 aromatic rings. The molecular formula is C11H19N. The molecule has 0 bridgehead atoms. The number of hydrogen-bond donors (Lipinski definition) is 1. The highest BCUT2D eigenvalue weighted by Gasteiger charge is 2.39. The second-order valence-corrected chi connectivity index (χ2v) is 4.11. The van der Waals surface area contributed by atoms with Crippen LogP contribution in [0.1, 0.15) is 33.1 Å². The van der Waals surface area contributed by atoms with Gasteiger partial charge in [-0.3, -0.25) is 0 Å².